The fourth-order valence-corrected chi connectivity index (χ4v) is 3.59. The van der Waals surface area contributed by atoms with Gasteiger partial charge in [-0.15, -0.1) is 0 Å². The van der Waals surface area contributed by atoms with Crippen LogP contribution in [0.25, 0.3) is 11.1 Å². The lowest BCUT2D eigenvalue weighted by molar-refractivity contribution is 1.22. The summed E-state index contributed by atoms with van der Waals surface area (Å²) < 4.78 is 1.31. The molecule has 1 nitrogen and oxygen atoms in total. The van der Waals surface area contributed by atoms with Crippen molar-refractivity contribution in [1.29, 1.82) is 0 Å². The normalized spacial score (nSPS) is 10.6. The Hall–Kier alpha value is -0.680. The van der Waals surface area contributed by atoms with Crippen molar-refractivity contribution < 1.29 is 0 Å². The second-order valence-electron chi connectivity index (χ2n) is 4.85. The number of aryl methyl sites for hydroxylation is 2. The topological polar surface area (TPSA) is 12.0 Å². The third-order valence-electron chi connectivity index (χ3n) is 3.37. The number of thioether (sulfide) groups is 1. The van der Waals surface area contributed by atoms with E-state index in [1.54, 1.807) is 0 Å². The van der Waals surface area contributed by atoms with Gasteiger partial charge >= 0.3 is 0 Å². The van der Waals surface area contributed by atoms with E-state index in [1.165, 1.54) is 31.5 Å². The minimum Gasteiger partial charge on any atom is -0.384 e. The van der Waals surface area contributed by atoms with Gasteiger partial charge in [0, 0.05) is 32.7 Å². The first kappa shape index (κ1) is 15.7. The molecule has 0 bridgehead atoms. The molecule has 0 saturated heterocycles. The number of benzene rings is 2. The molecule has 0 aliphatic carbocycles. The van der Waals surface area contributed by atoms with Crippen LogP contribution in [0.4, 0.5) is 5.69 Å². The maximum absolute atomic E-state index is 3.58. The first-order chi connectivity index (χ1) is 9.65. The monoisotopic (exact) mass is 397 g/mol. The predicted molar refractivity (Wildman–Crippen MR) is 101 cm³/mol. The van der Waals surface area contributed by atoms with Crippen LogP contribution in [-0.2, 0) is 0 Å². The highest BCUT2D eigenvalue weighted by Crippen LogP contribution is 2.36. The average Bonchev–Trinajstić information content (AvgIpc) is 2.41. The first-order valence-electron chi connectivity index (χ1n) is 6.73. The second-order valence-corrected chi connectivity index (χ2v) is 7.00. The molecule has 0 aromatic heterocycles. The van der Waals surface area contributed by atoms with Crippen LogP contribution >= 0.6 is 34.4 Å². The Labute approximate surface area is 139 Å². The Morgan fingerprint density at radius 2 is 1.65 bits per heavy atom. The van der Waals surface area contributed by atoms with Gasteiger partial charge < -0.3 is 5.32 Å². The minimum atomic E-state index is 1.00. The molecule has 0 atom stereocenters. The van der Waals surface area contributed by atoms with E-state index in [9.17, 15) is 0 Å². The first-order valence-corrected chi connectivity index (χ1v) is 9.20. The van der Waals surface area contributed by atoms with Gasteiger partial charge in [-0.3, -0.25) is 0 Å². The molecule has 3 heteroatoms. The van der Waals surface area contributed by atoms with E-state index in [0.29, 0.717) is 0 Å². The van der Waals surface area contributed by atoms with E-state index >= 15 is 0 Å². The molecule has 0 unspecified atom stereocenters. The average molecular weight is 397 g/mol. The Kier molecular flexibility index (Phi) is 5.78. The summed E-state index contributed by atoms with van der Waals surface area (Å²) in [6.07, 6.45) is 2.14. The van der Waals surface area contributed by atoms with Gasteiger partial charge in [0.15, 0.2) is 0 Å². The van der Waals surface area contributed by atoms with Gasteiger partial charge in [0.2, 0.25) is 0 Å². The summed E-state index contributed by atoms with van der Waals surface area (Å²) in [5.41, 5.74) is 6.60. The molecule has 106 valence electrons. The van der Waals surface area contributed by atoms with E-state index in [2.05, 4.69) is 84.4 Å². The van der Waals surface area contributed by atoms with E-state index in [1.807, 2.05) is 11.8 Å². The van der Waals surface area contributed by atoms with E-state index in [4.69, 9.17) is 0 Å². The molecular weight excluding hydrogens is 377 g/mol. The minimum absolute atomic E-state index is 1.00. The third-order valence-corrected chi connectivity index (χ3v) is 4.88. The molecule has 0 heterocycles. The van der Waals surface area contributed by atoms with Crippen molar-refractivity contribution in [2.45, 2.75) is 13.8 Å². The molecule has 2 aromatic carbocycles. The highest BCUT2D eigenvalue weighted by atomic mass is 127. The quantitative estimate of drug-likeness (QED) is 0.539. The molecule has 2 aromatic rings. The van der Waals surface area contributed by atoms with E-state index in [0.717, 1.165) is 12.3 Å². The Bertz CT molecular complexity index is 575. The maximum atomic E-state index is 3.58. The number of halogens is 1. The van der Waals surface area contributed by atoms with Gasteiger partial charge in [-0.25, -0.2) is 0 Å². The summed E-state index contributed by atoms with van der Waals surface area (Å²) in [4.78, 5) is 0. The van der Waals surface area contributed by atoms with Crippen molar-refractivity contribution in [2.24, 2.45) is 0 Å². The molecule has 0 fully saturated rings. The lowest BCUT2D eigenvalue weighted by Gasteiger charge is -2.17. The zero-order chi connectivity index (χ0) is 14.5. The molecule has 2 rings (SSSR count). The highest BCUT2D eigenvalue weighted by Gasteiger charge is 2.13. The van der Waals surface area contributed by atoms with Crippen LogP contribution in [0.2, 0.25) is 0 Å². The van der Waals surface area contributed by atoms with Gasteiger partial charge in [-0.1, -0.05) is 24.3 Å². The standard InChI is InChI=1S/C17H20INS/c1-12-6-4-8-14(18)16(12)17-13(2)7-5-9-15(17)19-10-11-20-3/h4-9,19H,10-11H2,1-3H3. The maximum Gasteiger partial charge on any atom is 0.0423 e. The van der Waals surface area contributed by atoms with Crippen LogP contribution in [0.3, 0.4) is 0 Å². The van der Waals surface area contributed by atoms with Gasteiger partial charge in [-0.2, -0.15) is 11.8 Å². The third kappa shape index (κ3) is 3.50. The van der Waals surface area contributed by atoms with Crippen molar-refractivity contribution >= 4 is 40.0 Å². The summed E-state index contributed by atoms with van der Waals surface area (Å²) in [5, 5.41) is 3.58. The number of anilines is 1. The van der Waals surface area contributed by atoms with Gasteiger partial charge in [0.25, 0.3) is 0 Å². The number of hydrogen-bond donors (Lipinski definition) is 1. The molecule has 0 saturated carbocycles. The fourth-order valence-electron chi connectivity index (χ4n) is 2.38. The molecule has 0 amide bonds. The van der Waals surface area contributed by atoms with Gasteiger partial charge in [0.1, 0.15) is 0 Å². The molecular formula is C17H20INS. The summed E-state index contributed by atoms with van der Waals surface area (Å²) in [5.74, 6) is 1.12. The second kappa shape index (κ2) is 7.36. The molecule has 0 spiro atoms. The van der Waals surface area contributed by atoms with Crippen LogP contribution in [0, 0.1) is 17.4 Å². The zero-order valence-corrected chi connectivity index (χ0v) is 15.1. The SMILES string of the molecule is CSCCNc1cccc(C)c1-c1c(C)cccc1I. The summed E-state index contributed by atoms with van der Waals surface area (Å²) in [6, 6.07) is 13.0. The van der Waals surface area contributed by atoms with E-state index in [-0.39, 0.29) is 0 Å². The summed E-state index contributed by atoms with van der Waals surface area (Å²) in [7, 11) is 0. The van der Waals surface area contributed by atoms with Crippen LogP contribution < -0.4 is 5.32 Å². The van der Waals surface area contributed by atoms with E-state index < -0.39 is 0 Å². The lowest BCUT2D eigenvalue weighted by Crippen LogP contribution is -2.06. The van der Waals surface area contributed by atoms with Gasteiger partial charge in [-0.05, 0) is 66.0 Å². The van der Waals surface area contributed by atoms with Crippen molar-refractivity contribution in [2.75, 3.05) is 23.9 Å². The highest BCUT2D eigenvalue weighted by molar-refractivity contribution is 14.1. The largest absolute Gasteiger partial charge is 0.384 e. The van der Waals surface area contributed by atoms with Crippen molar-refractivity contribution in [3.05, 3.63) is 51.1 Å². The smallest absolute Gasteiger partial charge is 0.0423 e. The predicted octanol–water partition coefficient (Wildman–Crippen LogP) is 5.35. The number of nitrogens with one attached hydrogen (secondary N) is 1. The van der Waals surface area contributed by atoms with Crippen LogP contribution in [0.5, 0.6) is 0 Å². The molecule has 0 aliphatic rings. The number of hydrogen-bond acceptors (Lipinski definition) is 2. The lowest BCUT2D eigenvalue weighted by atomic mass is 9.95. The van der Waals surface area contributed by atoms with Crippen LogP contribution in [0.15, 0.2) is 36.4 Å². The molecule has 0 aliphatic heterocycles. The summed E-state index contributed by atoms with van der Waals surface area (Å²) in [6.45, 7) is 5.38. The zero-order valence-electron chi connectivity index (χ0n) is 12.2. The van der Waals surface area contributed by atoms with Crippen molar-refractivity contribution in [3.63, 3.8) is 0 Å². The van der Waals surface area contributed by atoms with Crippen molar-refractivity contribution in [3.8, 4) is 11.1 Å². The summed E-state index contributed by atoms with van der Waals surface area (Å²) >= 11 is 4.31. The molecule has 0 radical (unpaired) electrons. The van der Waals surface area contributed by atoms with Crippen LogP contribution in [-0.4, -0.2) is 18.6 Å². The Morgan fingerprint density at radius 1 is 1.00 bits per heavy atom. The van der Waals surface area contributed by atoms with Gasteiger partial charge in [0.05, 0.1) is 0 Å². The number of rotatable bonds is 5. The fraction of sp³-hybridized carbons (Fsp3) is 0.294. The van der Waals surface area contributed by atoms with Crippen molar-refractivity contribution in [1.82, 2.24) is 0 Å². The Morgan fingerprint density at radius 3 is 2.30 bits per heavy atom. The molecule has 1 N–H and O–H groups in total. The Balaban J connectivity index is 2.49. The molecule has 20 heavy (non-hydrogen) atoms. The van der Waals surface area contributed by atoms with Crippen LogP contribution in [0.1, 0.15) is 11.1 Å².